The van der Waals surface area contributed by atoms with Gasteiger partial charge in [-0.1, -0.05) is 44.2 Å². The third kappa shape index (κ3) is 11.6. The first-order valence-corrected chi connectivity index (χ1v) is 12.6. The Balaban J connectivity index is 3.19. The number of hydrogen-bond donors (Lipinski definition) is 2. The molecule has 0 radical (unpaired) electrons. The first-order chi connectivity index (χ1) is 16.9. The summed E-state index contributed by atoms with van der Waals surface area (Å²) in [6.45, 7) is 13.0. The highest BCUT2D eigenvalue weighted by Crippen LogP contribution is 2.26. The molecule has 0 spiro atoms. The second-order valence-corrected chi connectivity index (χ2v) is 10.1. The largest absolute Gasteiger partial charge is 0.466 e. The van der Waals surface area contributed by atoms with Crippen LogP contribution >= 0.6 is 0 Å². The van der Waals surface area contributed by atoms with Crippen LogP contribution in [0.2, 0.25) is 0 Å². The van der Waals surface area contributed by atoms with E-state index in [4.69, 9.17) is 9.47 Å². The highest BCUT2D eigenvalue weighted by molar-refractivity contribution is 5.90. The molecule has 9 nitrogen and oxygen atoms in total. The summed E-state index contributed by atoms with van der Waals surface area (Å²) < 4.78 is 10.2. The van der Waals surface area contributed by atoms with Crippen LogP contribution in [0.1, 0.15) is 79.3 Å². The minimum Gasteiger partial charge on any atom is -0.466 e. The fourth-order valence-electron chi connectivity index (χ4n) is 3.60. The third-order valence-corrected chi connectivity index (χ3v) is 5.28. The maximum Gasteiger partial charge on any atom is 0.408 e. The van der Waals surface area contributed by atoms with E-state index < -0.39 is 35.5 Å². The molecule has 36 heavy (non-hydrogen) atoms. The summed E-state index contributed by atoms with van der Waals surface area (Å²) in [5.74, 6) is -0.814. The molecule has 0 saturated carbocycles. The van der Waals surface area contributed by atoms with E-state index in [1.54, 1.807) is 52.0 Å². The van der Waals surface area contributed by atoms with Gasteiger partial charge in [0.05, 0.1) is 13.0 Å². The Kier molecular flexibility index (Phi) is 13.0. The van der Waals surface area contributed by atoms with Crippen molar-refractivity contribution in [2.75, 3.05) is 19.7 Å². The van der Waals surface area contributed by atoms with Crippen molar-refractivity contribution in [2.45, 2.75) is 85.4 Å². The molecule has 1 rings (SSSR count). The number of hydrogen-bond acceptors (Lipinski definition) is 6. The van der Waals surface area contributed by atoms with Crippen molar-refractivity contribution in [1.82, 2.24) is 15.5 Å². The Bertz CT molecular complexity index is 851. The van der Waals surface area contributed by atoms with Crippen molar-refractivity contribution >= 4 is 23.9 Å². The molecule has 0 saturated heterocycles. The van der Waals surface area contributed by atoms with Crippen molar-refractivity contribution in [3.8, 4) is 0 Å². The van der Waals surface area contributed by atoms with Crippen molar-refractivity contribution in [1.29, 1.82) is 0 Å². The molecule has 202 valence electrons. The highest BCUT2D eigenvalue weighted by atomic mass is 16.6. The Morgan fingerprint density at radius 2 is 1.61 bits per heavy atom. The Morgan fingerprint density at radius 1 is 0.972 bits per heavy atom. The first kappa shape index (κ1) is 30.9. The lowest BCUT2D eigenvalue weighted by Gasteiger charge is -2.36. The lowest BCUT2D eigenvalue weighted by Crippen LogP contribution is -2.51. The minimum absolute atomic E-state index is 0.0259. The van der Waals surface area contributed by atoms with E-state index in [9.17, 15) is 19.2 Å². The zero-order chi connectivity index (χ0) is 27.3. The van der Waals surface area contributed by atoms with Crippen LogP contribution in [-0.4, -0.2) is 60.1 Å². The standard InChI is InChI=1S/C27H43N3O6/c1-8-35-23(32)16-17-28-25(33)24(21-12-10-9-11-13-21)30(20(4)15-14-19(2)3)22(31)18-29-26(34)36-27(5,6)7/h9-13,19-20,24H,8,14-18H2,1-7H3,(H,28,33)(H,29,34). The second-order valence-electron chi connectivity index (χ2n) is 10.1. The summed E-state index contributed by atoms with van der Waals surface area (Å²) in [4.78, 5) is 52.3. The van der Waals surface area contributed by atoms with Crippen LogP contribution in [0.5, 0.6) is 0 Å². The molecule has 1 aromatic carbocycles. The molecule has 3 amide bonds. The average molecular weight is 506 g/mol. The fraction of sp³-hybridized carbons (Fsp3) is 0.630. The summed E-state index contributed by atoms with van der Waals surface area (Å²) >= 11 is 0. The lowest BCUT2D eigenvalue weighted by molar-refractivity contribution is -0.144. The Morgan fingerprint density at radius 3 is 2.17 bits per heavy atom. The number of benzene rings is 1. The summed E-state index contributed by atoms with van der Waals surface area (Å²) in [5, 5.41) is 5.29. The second kappa shape index (κ2) is 15.1. The van der Waals surface area contributed by atoms with Gasteiger partial charge in [-0.15, -0.1) is 0 Å². The molecule has 0 aliphatic carbocycles. The number of amides is 3. The molecule has 0 aliphatic rings. The Hall–Kier alpha value is -3.10. The van der Waals surface area contributed by atoms with Crippen molar-refractivity contribution < 1.29 is 28.7 Å². The van der Waals surface area contributed by atoms with Gasteiger partial charge in [-0.25, -0.2) is 4.79 Å². The lowest BCUT2D eigenvalue weighted by atomic mass is 9.98. The predicted molar refractivity (Wildman–Crippen MR) is 138 cm³/mol. The maximum absolute atomic E-state index is 13.5. The van der Waals surface area contributed by atoms with E-state index in [2.05, 4.69) is 24.5 Å². The van der Waals surface area contributed by atoms with Crippen molar-refractivity contribution in [3.63, 3.8) is 0 Å². The van der Waals surface area contributed by atoms with E-state index >= 15 is 0 Å². The molecule has 1 aromatic rings. The summed E-state index contributed by atoms with van der Waals surface area (Å²) in [6.07, 6.45) is 0.852. The number of rotatable bonds is 13. The van der Waals surface area contributed by atoms with Gasteiger partial charge in [0.25, 0.3) is 0 Å². The van der Waals surface area contributed by atoms with Crippen LogP contribution in [-0.2, 0) is 23.9 Å². The molecule has 0 heterocycles. The molecule has 0 fully saturated rings. The van der Waals surface area contributed by atoms with Crippen molar-refractivity contribution in [3.05, 3.63) is 35.9 Å². The molecular weight excluding hydrogens is 462 g/mol. The van der Waals surface area contributed by atoms with Crippen molar-refractivity contribution in [2.24, 2.45) is 5.92 Å². The van der Waals surface area contributed by atoms with Gasteiger partial charge in [-0.05, 0) is 58.9 Å². The number of ether oxygens (including phenoxy) is 2. The van der Waals surface area contributed by atoms with E-state index in [0.29, 0.717) is 17.9 Å². The van der Waals surface area contributed by atoms with Gasteiger partial charge < -0.3 is 25.0 Å². The first-order valence-electron chi connectivity index (χ1n) is 12.6. The highest BCUT2D eigenvalue weighted by Gasteiger charge is 2.35. The van der Waals surface area contributed by atoms with Gasteiger partial charge in [0.15, 0.2) is 0 Å². The van der Waals surface area contributed by atoms with Gasteiger partial charge in [-0.2, -0.15) is 0 Å². The van der Waals surface area contributed by atoms with Crippen LogP contribution in [0.4, 0.5) is 4.79 Å². The summed E-state index contributed by atoms with van der Waals surface area (Å²) in [5.41, 5.74) is -0.0731. The third-order valence-electron chi connectivity index (χ3n) is 5.28. The topological polar surface area (TPSA) is 114 Å². The number of esters is 1. The number of carbonyl (C=O) groups is 4. The molecule has 0 bridgehead atoms. The van der Waals surface area contributed by atoms with E-state index in [0.717, 1.165) is 6.42 Å². The fourth-order valence-corrected chi connectivity index (χ4v) is 3.60. The zero-order valence-corrected chi connectivity index (χ0v) is 22.8. The summed E-state index contributed by atoms with van der Waals surface area (Å²) in [6, 6.07) is 7.77. The SMILES string of the molecule is CCOC(=O)CCNC(=O)C(c1ccccc1)N(C(=O)CNC(=O)OC(C)(C)C)C(C)CCC(C)C. The average Bonchev–Trinajstić information content (AvgIpc) is 2.78. The molecule has 9 heteroatoms. The molecular formula is C27H43N3O6. The zero-order valence-electron chi connectivity index (χ0n) is 22.8. The van der Waals surface area contributed by atoms with Gasteiger partial charge in [0.2, 0.25) is 11.8 Å². The van der Waals surface area contributed by atoms with E-state index in [1.165, 1.54) is 4.90 Å². The number of alkyl carbamates (subject to hydrolysis) is 1. The molecule has 0 aliphatic heterocycles. The van der Waals surface area contributed by atoms with Crippen LogP contribution < -0.4 is 10.6 Å². The maximum atomic E-state index is 13.5. The van der Waals surface area contributed by atoms with Crippen LogP contribution in [0.15, 0.2) is 30.3 Å². The number of carbonyl (C=O) groups excluding carboxylic acids is 4. The molecule has 2 atom stereocenters. The minimum atomic E-state index is -0.941. The quantitative estimate of drug-likeness (QED) is 0.392. The van der Waals surface area contributed by atoms with E-state index in [-0.39, 0.29) is 32.2 Å². The van der Waals surface area contributed by atoms with E-state index in [1.807, 2.05) is 13.0 Å². The van der Waals surface area contributed by atoms with Crippen LogP contribution in [0, 0.1) is 5.92 Å². The predicted octanol–water partition coefficient (Wildman–Crippen LogP) is 3.98. The summed E-state index contributed by atoms with van der Waals surface area (Å²) in [7, 11) is 0. The van der Waals surface area contributed by atoms with Gasteiger partial charge in [-0.3, -0.25) is 14.4 Å². The monoisotopic (exact) mass is 505 g/mol. The van der Waals surface area contributed by atoms with Gasteiger partial charge in [0, 0.05) is 12.6 Å². The number of nitrogens with one attached hydrogen (secondary N) is 2. The van der Waals surface area contributed by atoms with Crippen LogP contribution in [0.3, 0.4) is 0 Å². The molecule has 2 N–H and O–H groups in total. The normalized spacial score (nSPS) is 12.9. The van der Waals surface area contributed by atoms with Gasteiger partial charge >= 0.3 is 12.1 Å². The van der Waals surface area contributed by atoms with Crippen LogP contribution in [0.25, 0.3) is 0 Å². The van der Waals surface area contributed by atoms with Gasteiger partial charge in [0.1, 0.15) is 18.2 Å². The molecule has 2 unspecified atom stereocenters. The number of nitrogens with zero attached hydrogens (tertiary/aromatic N) is 1. The Labute approximate surface area is 215 Å². The molecule has 0 aromatic heterocycles. The smallest absolute Gasteiger partial charge is 0.408 e.